The highest BCUT2D eigenvalue weighted by Crippen LogP contribution is 2.29. The van der Waals surface area contributed by atoms with E-state index in [-0.39, 0.29) is 23.8 Å². The summed E-state index contributed by atoms with van der Waals surface area (Å²) in [6.07, 6.45) is 1.32. The molecule has 0 aliphatic heterocycles. The van der Waals surface area contributed by atoms with Crippen molar-refractivity contribution in [1.29, 1.82) is 0 Å². The molecule has 0 fully saturated rings. The smallest absolute Gasteiger partial charge is 0.221 e. The highest BCUT2D eigenvalue weighted by Gasteiger charge is 2.28. The summed E-state index contributed by atoms with van der Waals surface area (Å²) >= 11 is 0. The maximum Gasteiger partial charge on any atom is 0.221 e. The normalized spacial score (nSPS) is 14.3. The van der Waals surface area contributed by atoms with Crippen molar-refractivity contribution in [3.63, 3.8) is 0 Å². The van der Waals surface area contributed by atoms with Crippen LogP contribution < -0.4 is 5.73 Å². The summed E-state index contributed by atoms with van der Waals surface area (Å²) in [4.78, 5) is 11.0. The van der Waals surface area contributed by atoms with Gasteiger partial charge in [0.25, 0.3) is 0 Å². The van der Waals surface area contributed by atoms with Crippen molar-refractivity contribution in [2.75, 3.05) is 6.61 Å². The summed E-state index contributed by atoms with van der Waals surface area (Å²) in [5, 5.41) is 8.61. The van der Waals surface area contributed by atoms with Gasteiger partial charge in [0, 0.05) is 12.5 Å². The maximum absolute atomic E-state index is 11.0. The Bertz CT molecular complexity index is 149. The zero-order valence-corrected chi connectivity index (χ0v) is 8.13. The highest BCUT2D eigenvalue weighted by atomic mass is 16.2. The van der Waals surface area contributed by atoms with Crippen molar-refractivity contribution < 1.29 is 9.90 Å². The number of aliphatic hydroxyl groups excluding tert-OH is 1. The number of aliphatic hydroxyl groups is 1. The summed E-state index contributed by atoms with van der Waals surface area (Å²) in [6, 6.07) is 0. The lowest BCUT2D eigenvalue weighted by atomic mass is 9.78. The molecule has 12 heavy (non-hydrogen) atoms. The number of hydrogen-bond donors (Lipinski definition) is 2. The number of carbonyl (C=O) groups excluding carboxylic acids is 1. The molecular weight excluding hydrogens is 154 g/mol. The lowest BCUT2D eigenvalue weighted by Crippen LogP contribution is -2.33. The molecule has 0 spiro atoms. The monoisotopic (exact) mass is 173 g/mol. The third-order valence-corrected chi connectivity index (χ3v) is 2.04. The summed E-state index contributed by atoms with van der Waals surface area (Å²) in [5.74, 6) is -0.402. The van der Waals surface area contributed by atoms with E-state index in [1.54, 1.807) is 0 Å². The minimum Gasteiger partial charge on any atom is -0.396 e. The minimum atomic E-state index is -0.268. The van der Waals surface area contributed by atoms with Crippen LogP contribution in [0.2, 0.25) is 0 Å². The van der Waals surface area contributed by atoms with Crippen LogP contribution in [0.5, 0.6) is 0 Å². The van der Waals surface area contributed by atoms with Crippen LogP contribution in [-0.4, -0.2) is 17.6 Å². The molecule has 3 N–H and O–H groups in total. The molecule has 0 bridgehead atoms. The van der Waals surface area contributed by atoms with Crippen molar-refractivity contribution in [1.82, 2.24) is 0 Å². The fraction of sp³-hybridized carbons (Fsp3) is 0.889. The van der Waals surface area contributed by atoms with Crippen molar-refractivity contribution >= 4 is 5.91 Å². The van der Waals surface area contributed by atoms with Gasteiger partial charge in [-0.15, -0.1) is 0 Å². The standard InChI is InChI=1S/C9H19NO2/c1-9(2,3)7(8(10)12)5-4-6-11/h7,11H,4-6H2,1-3H3,(H2,10,12). The average molecular weight is 173 g/mol. The second kappa shape index (κ2) is 4.45. The SMILES string of the molecule is CC(C)(C)C(CCCO)C(N)=O. The summed E-state index contributed by atoms with van der Waals surface area (Å²) in [5.41, 5.74) is 5.15. The van der Waals surface area contributed by atoms with Crippen LogP contribution in [0.3, 0.4) is 0 Å². The molecular formula is C9H19NO2. The number of amides is 1. The van der Waals surface area contributed by atoms with Crippen molar-refractivity contribution in [2.24, 2.45) is 17.1 Å². The predicted molar refractivity (Wildman–Crippen MR) is 48.5 cm³/mol. The van der Waals surface area contributed by atoms with Gasteiger partial charge in [-0.2, -0.15) is 0 Å². The van der Waals surface area contributed by atoms with Crippen molar-refractivity contribution in [3.8, 4) is 0 Å². The molecule has 1 atom stereocenters. The highest BCUT2D eigenvalue weighted by molar-refractivity contribution is 5.77. The molecule has 0 aromatic rings. The Morgan fingerprint density at radius 3 is 2.25 bits per heavy atom. The Balaban J connectivity index is 4.15. The fourth-order valence-corrected chi connectivity index (χ4v) is 1.30. The Morgan fingerprint density at radius 1 is 1.50 bits per heavy atom. The number of carbonyl (C=O) groups is 1. The molecule has 0 aromatic heterocycles. The average Bonchev–Trinajstić information content (AvgIpc) is 1.84. The second-order valence-corrected chi connectivity index (χ2v) is 4.19. The van der Waals surface area contributed by atoms with Gasteiger partial charge >= 0.3 is 0 Å². The molecule has 3 nitrogen and oxygen atoms in total. The van der Waals surface area contributed by atoms with Gasteiger partial charge in [-0.25, -0.2) is 0 Å². The van der Waals surface area contributed by atoms with Crippen molar-refractivity contribution in [3.05, 3.63) is 0 Å². The molecule has 0 aliphatic rings. The molecule has 1 amide bonds. The predicted octanol–water partition coefficient (Wildman–Crippen LogP) is 0.907. The van der Waals surface area contributed by atoms with Crippen LogP contribution in [0.4, 0.5) is 0 Å². The Morgan fingerprint density at radius 2 is 2.00 bits per heavy atom. The first kappa shape index (κ1) is 11.4. The molecule has 0 radical (unpaired) electrons. The van der Waals surface area contributed by atoms with Gasteiger partial charge in [0.1, 0.15) is 0 Å². The molecule has 3 heteroatoms. The zero-order valence-electron chi connectivity index (χ0n) is 8.13. The number of nitrogens with two attached hydrogens (primary N) is 1. The van der Waals surface area contributed by atoms with E-state index in [1.165, 1.54) is 0 Å². The molecule has 0 saturated carbocycles. The maximum atomic E-state index is 11.0. The minimum absolute atomic E-state index is 0.0962. The van der Waals surface area contributed by atoms with Gasteiger partial charge in [-0.05, 0) is 18.3 Å². The van der Waals surface area contributed by atoms with Crippen LogP contribution in [-0.2, 0) is 4.79 Å². The summed E-state index contributed by atoms with van der Waals surface area (Å²) < 4.78 is 0. The zero-order chi connectivity index (χ0) is 9.78. The van der Waals surface area contributed by atoms with E-state index in [0.717, 1.165) is 0 Å². The van der Waals surface area contributed by atoms with E-state index in [2.05, 4.69) is 0 Å². The topological polar surface area (TPSA) is 63.3 Å². The van der Waals surface area contributed by atoms with Crippen LogP contribution >= 0.6 is 0 Å². The van der Waals surface area contributed by atoms with E-state index in [9.17, 15) is 4.79 Å². The first-order valence-corrected chi connectivity index (χ1v) is 4.29. The third-order valence-electron chi connectivity index (χ3n) is 2.04. The van der Waals surface area contributed by atoms with E-state index in [4.69, 9.17) is 10.8 Å². The molecule has 0 heterocycles. The number of rotatable bonds is 4. The van der Waals surface area contributed by atoms with Crippen molar-refractivity contribution in [2.45, 2.75) is 33.6 Å². The van der Waals surface area contributed by atoms with Gasteiger partial charge in [0.2, 0.25) is 5.91 Å². The lowest BCUT2D eigenvalue weighted by molar-refractivity contribution is -0.125. The fourth-order valence-electron chi connectivity index (χ4n) is 1.30. The largest absolute Gasteiger partial charge is 0.396 e. The van der Waals surface area contributed by atoms with E-state index in [1.807, 2.05) is 20.8 Å². The van der Waals surface area contributed by atoms with Gasteiger partial charge in [-0.3, -0.25) is 4.79 Å². The Hall–Kier alpha value is -0.570. The van der Waals surface area contributed by atoms with Crippen LogP contribution in [0, 0.1) is 11.3 Å². The lowest BCUT2D eigenvalue weighted by Gasteiger charge is -2.27. The number of primary amides is 1. The first-order valence-electron chi connectivity index (χ1n) is 4.29. The van der Waals surface area contributed by atoms with Gasteiger partial charge < -0.3 is 10.8 Å². The van der Waals surface area contributed by atoms with Gasteiger partial charge in [-0.1, -0.05) is 20.8 Å². The van der Waals surface area contributed by atoms with Crippen LogP contribution in [0.1, 0.15) is 33.6 Å². The quantitative estimate of drug-likeness (QED) is 0.663. The van der Waals surface area contributed by atoms with E-state index >= 15 is 0 Å². The molecule has 0 saturated heterocycles. The molecule has 1 unspecified atom stereocenters. The number of hydrogen-bond acceptors (Lipinski definition) is 2. The van der Waals surface area contributed by atoms with E-state index < -0.39 is 0 Å². The molecule has 72 valence electrons. The molecule has 0 aliphatic carbocycles. The Labute approximate surface area is 74.0 Å². The van der Waals surface area contributed by atoms with Gasteiger partial charge in [0.15, 0.2) is 0 Å². The first-order chi connectivity index (χ1) is 5.39. The van der Waals surface area contributed by atoms with Gasteiger partial charge in [0.05, 0.1) is 0 Å². The van der Waals surface area contributed by atoms with E-state index in [0.29, 0.717) is 12.8 Å². The summed E-state index contributed by atoms with van der Waals surface area (Å²) in [6.45, 7) is 6.08. The molecule has 0 rings (SSSR count). The van der Waals surface area contributed by atoms with Crippen LogP contribution in [0.25, 0.3) is 0 Å². The second-order valence-electron chi connectivity index (χ2n) is 4.19. The Kier molecular flexibility index (Phi) is 4.24. The third kappa shape index (κ3) is 3.72. The molecule has 0 aromatic carbocycles. The van der Waals surface area contributed by atoms with Crippen LogP contribution in [0.15, 0.2) is 0 Å². The summed E-state index contributed by atoms with van der Waals surface area (Å²) in [7, 11) is 0.